The fourth-order valence-corrected chi connectivity index (χ4v) is 5.71. The molecule has 0 saturated carbocycles. The number of rotatable bonds is 9. The van der Waals surface area contributed by atoms with E-state index in [-0.39, 0.29) is 30.8 Å². The molecule has 204 valence electrons. The van der Waals surface area contributed by atoms with Gasteiger partial charge in [0.25, 0.3) is 11.8 Å². The average Bonchev–Trinajstić information content (AvgIpc) is 3.06. The van der Waals surface area contributed by atoms with Gasteiger partial charge in [-0.1, -0.05) is 24.3 Å². The molecule has 39 heavy (non-hydrogen) atoms. The molecule has 2 heterocycles. The predicted molar refractivity (Wildman–Crippen MR) is 147 cm³/mol. The quantitative estimate of drug-likeness (QED) is 0.286. The number of ether oxygens (including phenoxy) is 1. The van der Waals surface area contributed by atoms with Crippen molar-refractivity contribution in [2.24, 2.45) is 0 Å². The summed E-state index contributed by atoms with van der Waals surface area (Å²) >= 11 is 1.49. The summed E-state index contributed by atoms with van der Waals surface area (Å²) in [5, 5.41) is 13.0. The van der Waals surface area contributed by atoms with Crippen molar-refractivity contribution in [3.63, 3.8) is 0 Å². The number of unbranched alkanes of at least 4 members (excludes halogenated alkanes) is 1. The maximum Gasteiger partial charge on any atom is 0.326 e. The lowest BCUT2D eigenvalue weighted by atomic mass is 10.1. The Balaban J connectivity index is 1.36. The Morgan fingerprint density at radius 1 is 1.05 bits per heavy atom. The second kappa shape index (κ2) is 12.0. The average molecular weight is 549 g/mol. The predicted octanol–water partition coefficient (Wildman–Crippen LogP) is 3.78. The summed E-state index contributed by atoms with van der Waals surface area (Å²) in [7, 11) is 0. The topological polar surface area (TPSA) is 120 Å². The Hall–Kier alpha value is -3.68. The molecule has 1 unspecified atom stereocenters. The van der Waals surface area contributed by atoms with Gasteiger partial charge in [0.2, 0.25) is 5.91 Å². The van der Waals surface area contributed by atoms with E-state index in [0.717, 1.165) is 4.90 Å². The van der Waals surface area contributed by atoms with E-state index in [1.54, 1.807) is 51.1 Å². The normalized spacial score (nSPS) is 17.8. The van der Waals surface area contributed by atoms with Gasteiger partial charge >= 0.3 is 5.97 Å². The molecular formula is C29H32N4O5S. The van der Waals surface area contributed by atoms with E-state index in [0.29, 0.717) is 41.8 Å². The highest BCUT2D eigenvalue weighted by atomic mass is 32.2. The second-order valence-electron chi connectivity index (χ2n) is 10.5. The molecule has 2 atom stereocenters. The van der Waals surface area contributed by atoms with Gasteiger partial charge in [0.15, 0.2) is 0 Å². The van der Waals surface area contributed by atoms with Crippen LogP contribution in [0.2, 0.25) is 0 Å². The molecule has 2 aliphatic heterocycles. The van der Waals surface area contributed by atoms with Gasteiger partial charge in [-0.05, 0) is 64.3 Å². The summed E-state index contributed by atoms with van der Waals surface area (Å²) in [5.74, 6) is -1.01. The molecule has 4 rings (SSSR count). The maximum absolute atomic E-state index is 13.6. The second-order valence-corrected chi connectivity index (χ2v) is 11.6. The number of thioether (sulfide) groups is 1. The molecular weight excluding hydrogens is 516 g/mol. The third-order valence-electron chi connectivity index (χ3n) is 6.39. The SMILES string of the molecule is CC(C)(C)OC(=O)CN1C(=O)[C@@H](NC(C#N)CCCCN2C(=O)c3ccccc3C2=O)CSc2ccccc21. The van der Waals surface area contributed by atoms with Crippen LogP contribution in [0.15, 0.2) is 53.4 Å². The number of imide groups is 1. The molecule has 3 amide bonds. The highest BCUT2D eigenvalue weighted by Crippen LogP contribution is 2.34. The van der Waals surface area contributed by atoms with E-state index in [2.05, 4.69) is 11.4 Å². The van der Waals surface area contributed by atoms with E-state index in [1.807, 2.05) is 18.2 Å². The molecule has 0 radical (unpaired) electrons. The van der Waals surface area contributed by atoms with Gasteiger partial charge in [0, 0.05) is 17.2 Å². The van der Waals surface area contributed by atoms with E-state index in [1.165, 1.54) is 21.6 Å². The van der Waals surface area contributed by atoms with Crippen LogP contribution in [0, 0.1) is 11.3 Å². The van der Waals surface area contributed by atoms with Gasteiger partial charge in [-0.15, -0.1) is 11.8 Å². The lowest BCUT2D eigenvalue weighted by Gasteiger charge is -2.28. The molecule has 10 heteroatoms. The Bertz CT molecular complexity index is 1280. The zero-order valence-corrected chi connectivity index (χ0v) is 23.1. The molecule has 2 aliphatic rings. The number of anilines is 1. The summed E-state index contributed by atoms with van der Waals surface area (Å²) in [5.41, 5.74) is 0.787. The van der Waals surface area contributed by atoms with Gasteiger partial charge in [-0.3, -0.25) is 34.3 Å². The van der Waals surface area contributed by atoms with Gasteiger partial charge < -0.3 is 4.74 Å². The number of nitriles is 1. The van der Waals surface area contributed by atoms with E-state index >= 15 is 0 Å². The lowest BCUT2D eigenvalue weighted by Crippen LogP contribution is -2.52. The van der Waals surface area contributed by atoms with Gasteiger partial charge in [-0.25, -0.2) is 0 Å². The zero-order chi connectivity index (χ0) is 28.2. The molecule has 0 bridgehead atoms. The van der Waals surface area contributed by atoms with Crippen LogP contribution < -0.4 is 10.2 Å². The minimum atomic E-state index is -0.689. The van der Waals surface area contributed by atoms with Crippen LogP contribution in [0.1, 0.15) is 60.7 Å². The molecule has 2 aromatic carbocycles. The van der Waals surface area contributed by atoms with Crippen LogP contribution in [0.4, 0.5) is 5.69 Å². The van der Waals surface area contributed by atoms with Crippen molar-refractivity contribution >= 4 is 41.1 Å². The Labute approximate surface area is 232 Å². The smallest absolute Gasteiger partial charge is 0.326 e. The fraction of sp³-hybridized carbons (Fsp3) is 0.414. The van der Waals surface area contributed by atoms with Crippen molar-refractivity contribution in [2.45, 2.75) is 62.6 Å². The Morgan fingerprint density at radius 3 is 2.33 bits per heavy atom. The van der Waals surface area contributed by atoms with Crippen LogP contribution in [0.25, 0.3) is 0 Å². The van der Waals surface area contributed by atoms with Crippen LogP contribution in [-0.4, -0.2) is 65.1 Å². The van der Waals surface area contributed by atoms with E-state index < -0.39 is 23.7 Å². The van der Waals surface area contributed by atoms with Crippen LogP contribution in [0.3, 0.4) is 0 Å². The molecule has 2 aromatic rings. The number of esters is 1. The monoisotopic (exact) mass is 548 g/mol. The minimum absolute atomic E-state index is 0.233. The number of carbonyl (C=O) groups excluding carboxylic acids is 4. The van der Waals surface area contributed by atoms with Crippen LogP contribution >= 0.6 is 11.8 Å². The van der Waals surface area contributed by atoms with Gasteiger partial charge in [-0.2, -0.15) is 5.26 Å². The molecule has 0 fully saturated rings. The molecule has 0 aliphatic carbocycles. The molecule has 9 nitrogen and oxygen atoms in total. The summed E-state index contributed by atoms with van der Waals surface area (Å²) in [6.07, 6.45) is 1.55. The number of amides is 3. The highest BCUT2D eigenvalue weighted by Gasteiger charge is 2.36. The van der Waals surface area contributed by atoms with Crippen LogP contribution in [-0.2, 0) is 14.3 Å². The minimum Gasteiger partial charge on any atom is -0.459 e. The molecule has 0 spiro atoms. The van der Waals surface area contributed by atoms with Crippen LogP contribution in [0.5, 0.6) is 0 Å². The first-order valence-electron chi connectivity index (χ1n) is 12.9. The third kappa shape index (κ3) is 6.67. The first-order chi connectivity index (χ1) is 18.6. The summed E-state index contributed by atoms with van der Waals surface area (Å²) in [4.78, 5) is 54.9. The van der Waals surface area contributed by atoms with Gasteiger partial charge in [0.1, 0.15) is 12.1 Å². The molecule has 0 aromatic heterocycles. The number of nitrogens with one attached hydrogen (secondary N) is 1. The van der Waals surface area contributed by atoms with Crippen molar-refractivity contribution in [3.8, 4) is 6.07 Å². The van der Waals surface area contributed by atoms with Crippen molar-refractivity contribution < 1.29 is 23.9 Å². The number of fused-ring (bicyclic) bond motifs is 2. The third-order valence-corrected chi connectivity index (χ3v) is 7.55. The largest absolute Gasteiger partial charge is 0.459 e. The summed E-state index contributed by atoms with van der Waals surface area (Å²) in [6, 6.07) is 15.1. The number of hydrogen-bond acceptors (Lipinski definition) is 8. The lowest BCUT2D eigenvalue weighted by molar-refractivity contribution is -0.153. The van der Waals surface area contributed by atoms with E-state index in [4.69, 9.17) is 4.74 Å². The first kappa shape index (κ1) is 28.3. The fourth-order valence-electron chi connectivity index (χ4n) is 4.63. The standard InChI is InChI=1S/C29H32N4O5S/c1-29(2,3)38-25(34)17-33-23-13-6-7-14-24(23)39-18-22(28(33)37)31-19(16-30)10-8-9-15-32-26(35)20-11-4-5-12-21(20)27(32)36/h4-7,11-14,19,22,31H,8-10,15,17-18H2,1-3H3/t19?,22-/m0/s1. The Morgan fingerprint density at radius 2 is 1.69 bits per heavy atom. The molecule has 0 saturated heterocycles. The number of carbonyl (C=O) groups is 4. The summed E-state index contributed by atoms with van der Waals surface area (Å²) in [6.45, 7) is 5.35. The number of para-hydroxylation sites is 1. The summed E-state index contributed by atoms with van der Waals surface area (Å²) < 4.78 is 5.46. The van der Waals surface area contributed by atoms with Crippen molar-refractivity contribution in [2.75, 3.05) is 23.7 Å². The number of benzene rings is 2. The maximum atomic E-state index is 13.6. The first-order valence-corrected chi connectivity index (χ1v) is 13.9. The highest BCUT2D eigenvalue weighted by molar-refractivity contribution is 7.99. The number of hydrogen-bond donors (Lipinski definition) is 1. The Kier molecular flexibility index (Phi) is 8.73. The van der Waals surface area contributed by atoms with Crippen molar-refractivity contribution in [1.82, 2.24) is 10.2 Å². The molecule has 1 N–H and O–H groups in total. The number of nitrogens with zero attached hydrogens (tertiary/aromatic N) is 3. The van der Waals surface area contributed by atoms with Gasteiger partial charge in [0.05, 0.1) is 35.0 Å². The van der Waals surface area contributed by atoms with Crippen molar-refractivity contribution in [3.05, 3.63) is 59.7 Å². The van der Waals surface area contributed by atoms with Crippen molar-refractivity contribution in [1.29, 1.82) is 5.26 Å². The van der Waals surface area contributed by atoms with E-state index in [9.17, 15) is 24.4 Å². The zero-order valence-electron chi connectivity index (χ0n) is 22.3.